The summed E-state index contributed by atoms with van der Waals surface area (Å²) in [5.41, 5.74) is 6.61. The molecule has 0 aliphatic carbocycles. The Kier molecular flexibility index (Phi) is 7.74. The fourth-order valence-corrected chi connectivity index (χ4v) is 3.10. The first-order valence-electron chi connectivity index (χ1n) is 10.9. The molecule has 35 heavy (non-hydrogen) atoms. The summed E-state index contributed by atoms with van der Waals surface area (Å²) >= 11 is 0. The van der Waals surface area contributed by atoms with Crippen molar-refractivity contribution in [2.24, 2.45) is 5.73 Å². The first-order valence-corrected chi connectivity index (χ1v) is 10.9. The highest BCUT2D eigenvalue weighted by atomic mass is 16.5. The number of amides is 2. The minimum Gasteiger partial charge on any atom is -0.489 e. The number of likely N-dealkylation sites (N-methyl/N-ethyl adjacent to an activating group) is 1. The van der Waals surface area contributed by atoms with Crippen molar-refractivity contribution in [2.45, 2.75) is 25.4 Å². The summed E-state index contributed by atoms with van der Waals surface area (Å²) in [4.78, 5) is 31.5. The Balaban J connectivity index is 1.74. The van der Waals surface area contributed by atoms with Crippen LogP contribution in [0.5, 0.6) is 11.5 Å². The number of anilines is 1. The summed E-state index contributed by atoms with van der Waals surface area (Å²) in [6.07, 6.45) is 6.34. The summed E-state index contributed by atoms with van der Waals surface area (Å²) in [5.74, 6) is 6.35. The van der Waals surface area contributed by atoms with Crippen LogP contribution >= 0.6 is 0 Å². The van der Waals surface area contributed by atoms with Crippen LogP contribution in [0.4, 0.5) is 5.69 Å². The van der Waals surface area contributed by atoms with Crippen LogP contribution in [0, 0.1) is 11.8 Å². The van der Waals surface area contributed by atoms with Gasteiger partial charge in [0.1, 0.15) is 35.6 Å². The van der Waals surface area contributed by atoms with Crippen molar-refractivity contribution in [1.82, 2.24) is 10.3 Å². The van der Waals surface area contributed by atoms with Crippen molar-refractivity contribution in [1.29, 1.82) is 0 Å². The Bertz CT molecular complexity index is 1250. The maximum Gasteiger partial charge on any atom is 0.270 e. The Labute approximate surface area is 205 Å². The number of nitrogens with two attached hydrogens (primary N) is 1. The van der Waals surface area contributed by atoms with Gasteiger partial charge in [-0.3, -0.25) is 14.6 Å². The highest BCUT2D eigenvalue weighted by Crippen LogP contribution is 2.31. The number of hydrogen-bond donors (Lipinski definition) is 2. The van der Waals surface area contributed by atoms with Gasteiger partial charge in [-0.25, -0.2) is 0 Å². The van der Waals surface area contributed by atoms with Crippen LogP contribution in [-0.4, -0.2) is 42.0 Å². The second kappa shape index (κ2) is 10.7. The van der Waals surface area contributed by atoms with Crippen LogP contribution in [-0.2, 0) is 4.79 Å². The van der Waals surface area contributed by atoms with Gasteiger partial charge in [-0.15, -0.1) is 0 Å². The van der Waals surface area contributed by atoms with Crippen LogP contribution in [0.3, 0.4) is 0 Å². The van der Waals surface area contributed by atoms with Crippen molar-refractivity contribution >= 4 is 17.5 Å². The largest absolute Gasteiger partial charge is 0.489 e. The Morgan fingerprint density at radius 2 is 2.14 bits per heavy atom. The molecule has 0 spiro atoms. The van der Waals surface area contributed by atoms with Crippen LogP contribution in [0.15, 0.2) is 73.7 Å². The number of allylic oxidation sites excluding steroid dienone is 3. The Hall–Kier alpha value is -4.35. The molecule has 0 radical (unpaired) electrons. The molecular formula is C27H28N4O4. The van der Waals surface area contributed by atoms with Crippen LogP contribution in [0.25, 0.3) is 0 Å². The van der Waals surface area contributed by atoms with Crippen molar-refractivity contribution in [3.63, 3.8) is 0 Å². The average molecular weight is 473 g/mol. The van der Waals surface area contributed by atoms with E-state index in [-0.39, 0.29) is 18.2 Å². The number of pyridine rings is 1. The van der Waals surface area contributed by atoms with Gasteiger partial charge in [-0.2, -0.15) is 0 Å². The minimum absolute atomic E-state index is 0.0396. The molecule has 1 unspecified atom stereocenters. The van der Waals surface area contributed by atoms with Crippen molar-refractivity contribution in [3.8, 4) is 23.3 Å². The molecular weight excluding hydrogens is 444 g/mol. The van der Waals surface area contributed by atoms with Crippen molar-refractivity contribution in [2.75, 3.05) is 18.6 Å². The van der Waals surface area contributed by atoms with Gasteiger partial charge in [-0.1, -0.05) is 37.2 Å². The Morgan fingerprint density at radius 1 is 1.37 bits per heavy atom. The molecule has 180 valence electrons. The molecule has 1 aromatic carbocycles. The van der Waals surface area contributed by atoms with Crippen molar-refractivity contribution < 1.29 is 19.1 Å². The lowest BCUT2D eigenvalue weighted by atomic mass is 10.1. The normalized spacial score (nSPS) is 15.3. The average Bonchev–Trinajstić information content (AvgIpc) is 2.93. The molecule has 1 atom stereocenters. The van der Waals surface area contributed by atoms with E-state index >= 15 is 0 Å². The first-order chi connectivity index (χ1) is 16.6. The molecule has 2 heterocycles. The van der Waals surface area contributed by atoms with E-state index in [0.717, 1.165) is 0 Å². The third-order valence-corrected chi connectivity index (χ3v) is 4.82. The second-order valence-corrected chi connectivity index (χ2v) is 8.43. The van der Waals surface area contributed by atoms with Crippen LogP contribution in [0.1, 0.15) is 29.9 Å². The predicted octanol–water partition coefficient (Wildman–Crippen LogP) is 2.96. The third kappa shape index (κ3) is 6.82. The maximum absolute atomic E-state index is 13.1. The molecule has 2 aromatic rings. The zero-order valence-corrected chi connectivity index (χ0v) is 20.0. The monoisotopic (exact) mass is 472 g/mol. The van der Waals surface area contributed by atoms with E-state index in [1.54, 1.807) is 49.5 Å². The number of carbonyl (C=O) groups excluding carboxylic acids is 2. The molecule has 1 aliphatic heterocycles. The summed E-state index contributed by atoms with van der Waals surface area (Å²) in [7, 11) is 1.62. The lowest BCUT2D eigenvalue weighted by molar-refractivity contribution is -0.120. The maximum atomic E-state index is 13.1. The van der Waals surface area contributed by atoms with Gasteiger partial charge in [0, 0.05) is 24.9 Å². The van der Waals surface area contributed by atoms with Gasteiger partial charge in [0.2, 0.25) is 0 Å². The molecule has 1 aliphatic rings. The molecule has 0 fully saturated rings. The van der Waals surface area contributed by atoms with E-state index in [0.29, 0.717) is 28.5 Å². The molecule has 3 N–H and O–H groups in total. The molecule has 8 nitrogen and oxygen atoms in total. The molecule has 3 rings (SSSR count). The number of fused-ring (bicyclic) bond motifs is 1. The minimum atomic E-state index is -0.922. The standard InChI is InChI=1S/C27H28N4O4/c1-6-7-8-18(2)35-20-12-14-29-21(16-20)25(32)30-22-17-34-24-10-9-19(11-13-27(3,4)28)15-23(24)31(5)26(22)33/h6-10,12,14-16,22H,1-2,17,28H2,3-5H3,(H,30,32)/b8-7-. The smallest absolute Gasteiger partial charge is 0.270 e. The lowest BCUT2D eigenvalue weighted by Crippen LogP contribution is -2.49. The number of nitrogens with zero attached hydrogens (tertiary/aromatic N) is 2. The molecule has 1 aromatic heterocycles. The van der Waals surface area contributed by atoms with E-state index in [1.165, 1.54) is 17.2 Å². The summed E-state index contributed by atoms with van der Waals surface area (Å²) in [6.45, 7) is 10.9. The zero-order chi connectivity index (χ0) is 25.6. The number of ether oxygens (including phenoxy) is 2. The predicted molar refractivity (Wildman–Crippen MR) is 135 cm³/mol. The van der Waals surface area contributed by atoms with Gasteiger partial charge < -0.3 is 25.4 Å². The third-order valence-electron chi connectivity index (χ3n) is 4.82. The van der Waals surface area contributed by atoms with E-state index < -0.39 is 17.5 Å². The number of carbonyl (C=O) groups is 2. The summed E-state index contributed by atoms with van der Waals surface area (Å²) in [6, 6.07) is 7.43. The molecule has 8 heteroatoms. The lowest BCUT2D eigenvalue weighted by Gasteiger charge is -2.20. The highest BCUT2D eigenvalue weighted by Gasteiger charge is 2.31. The first kappa shape index (κ1) is 25.3. The van der Waals surface area contributed by atoms with Gasteiger partial charge >= 0.3 is 0 Å². The molecule has 0 bridgehead atoms. The zero-order valence-electron chi connectivity index (χ0n) is 20.0. The van der Waals surface area contributed by atoms with Crippen LogP contribution in [0.2, 0.25) is 0 Å². The quantitative estimate of drug-likeness (QED) is 0.380. The second-order valence-electron chi connectivity index (χ2n) is 8.43. The number of aromatic nitrogens is 1. The van der Waals surface area contributed by atoms with E-state index in [9.17, 15) is 9.59 Å². The highest BCUT2D eigenvalue weighted by molar-refractivity contribution is 6.03. The number of benzene rings is 1. The Morgan fingerprint density at radius 3 is 2.86 bits per heavy atom. The summed E-state index contributed by atoms with van der Waals surface area (Å²) < 4.78 is 11.4. The number of nitrogens with one attached hydrogen (secondary N) is 1. The van der Waals surface area contributed by atoms with E-state index in [2.05, 4.69) is 35.3 Å². The van der Waals surface area contributed by atoms with E-state index in [1.807, 2.05) is 13.8 Å². The van der Waals surface area contributed by atoms with Gasteiger partial charge in [-0.05, 0) is 44.2 Å². The molecule has 0 saturated heterocycles. The van der Waals surface area contributed by atoms with Gasteiger partial charge in [0.05, 0.1) is 11.2 Å². The fraction of sp³-hybridized carbons (Fsp3) is 0.222. The summed E-state index contributed by atoms with van der Waals surface area (Å²) in [5, 5.41) is 2.70. The number of rotatable bonds is 6. The number of hydrogen-bond acceptors (Lipinski definition) is 6. The van der Waals surface area contributed by atoms with Crippen molar-refractivity contribution in [3.05, 3.63) is 84.9 Å². The van der Waals surface area contributed by atoms with Gasteiger partial charge in [0.15, 0.2) is 0 Å². The molecule has 2 amide bonds. The fourth-order valence-electron chi connectivity index (χ4n) is 3.10. The van der Waals surface area contributed by atoms with E-state index in [4.69, 9.17) is 15.2 Å². The van der Waals surface area contributed by atoms with Crippen LogP contribution < -0.4 is 25.4 Å². The van der Waals surface area contributed by atoms with Gasteiger partial charge in [0.25, 0.3) is 11.8 Å². The SMILES string of the molecule is C=C/C=C\C(=C)Oc1ccnc(C(=O)NC2COc3ccc(C#CC(C)(C)N)cc3N(C)C2=O)c1. The topological polar surface area (TPSA) is 107 Å². The molecule has 0 saturated carbocycles.